The number of morpholine rings is 1. The van der Waals surface area contributed by atoms with E-state index in [1.54, 1.807) is 0 Å². The maximum atomic E-state index is 6.12. The Balaban J connectivity index is 1.57. The summed E-state index contributed by atoms with van der Waals surface area (Å²) in [5.41, 5.74) is 4.47. The molecule has 0 amide bonds. The van der Waals surface area contributed by atoms with Crippen LogP contribution in [0.4, 0.5) is 0 Å². The van der Waals surface area contributed by atoms with Crippen molar-refractivity contribution in [3.8, 4) is 0 Å². The van der Waals surface area contributed by atoms with E-state index in [2.05, 4.69) is 41.1 Å². The van der Waals surface area contributed by atoms with E-state index < -0.39 is 0 Å². The van der Waals surface area contributed by atoms with E-state index in [0.29, 0.717) is 0 Å². The molecule has 3 aromatic rings. The lowest BCUT2D eigenvalue weighted by atomic mass is 9.87. The molecular formula is C21H23N3O2. The predicted molar refractivity (Wildman–Crippen MR) is 100 cm³/mol. The van der Waals surface area contributed by atoms with Crippen LogP contribution in [-0.2, 0) is 4.74 Å². The summed E-state index contributed by atoms with van der Waals surface area (Å²) in [5.74, 6) is 0.965. The Bertz CT molecular complexity index is 883. The highest BCUT2D eigenvalue weighted by Crippen LogP contribution is 2.40. The zero-order chi connectivity index (χ0) is 17.5. The van der Waals surface area contributed by atoms with Crippen LogP contribution in [-0.4, -0.2) is 54.7 Å². The average molecular weight is 349 g/mol. The summed E-state index contributed by atoms with van der Waals surface area (Å²) in [6, 6.07) is 16.7. The van der Waals surface area contributed by atoms with Gasteiger partial charge in [0, 0.05) is 19.6 Å². The van der Waals surface area contributed by atoms with Crippen LogP contribution in [0.3, 0.4) is 0 Å². The van der Waals surface area contributed by atoms with Crippen molar-refractivity contribution < 1.29 is 9.15 Å². The number of benzene rings is 2. The molecule has 5 nitrogen and oxygen atoms in total. The molecule has 0 bridgehead atoms. The minimum atomic E-state index is 0.154. The van der Waals surface area contributed by atoms with Crippen LogP contribution >= 0.6 is 0 Å². The van der Waals surface area contributed by atoms with Crippen LogP contribution in [0.25, 0.3) is 11.1 Å². The second-order valence-electron chi connectivity index (χ2n) is 7.16. The topological polar surface area (TPSA) is 41.7 Å². The number of ether oxygens (including phenoxy) is 1. The number of hydrogen-bond acceptors (Lipinski definition) is 5. The molecule has 5 rings (SSSR count). The van der Waals surface area contributed by atoms with Gasteiger partial charge in [0.2, 0.25) is 5.89 Å². The molecule has 1 aromatic heterocycles. The summed E-state index contributed by atoms with van der Waals surface area (Å²) in [6.07, 6.45) is 0.288. The van der Waals surface area contributed by atoms with E-state index in [9.17, 15) is 0 Å². The van der Waals surface area contributed by atoms with Crippen LogP contribution in [0.2, 0.25) is 0 Å². The lowest BCUT2D eigenvalue weighted by Gasteiger charge is -2.45. The standard InChI is InChI=1S/C21H23N3O2/c1-23-14-17(20-22-18-8-4-5-9-19(18)26-20)15-6-2-3-7-16(15)21(23)24-10-12-25-13-11-24/h2-9,17,21H,10-14H2,1H3. The van der Waals surface area contributed by atoms with Crippen molar-refractivity contribution >= 4 is 11.1 Å². The third-order valence-corrected chi connectivity index (χ3v) is 5.54. The summed E-state index contributed by atoms with van der Waals surface area (Å²) < 4.78 is 11.7. The first-order chi connectivity index (χ1) is 12.8. The number of aromatic nitrogens is 1. The molecule has 134 valence electrons. The number of oxazole rings is 1. The summed E-state index contributed by atoms with van der Waals surface area (Å²) in [4.78, 5) is 9.72. The van der Waals surface area contributed by atoms with Gasteiger partial charge in [-0.15, -0.1) is 0 Å². The van der Waals surface area contributed by atoms with Crippen molar-refractivity contribution in [2.24, 2.45) is 0 Å². The van der Waals surface area contributed by atoms with Crippen molar-refractivity contribution in [3.05, 3.63) is 65.5 Å². The van der Waals surface area contributed by atoms with E-state index >= 15 is 0 Å². The first kappa shape index (κ1) is 16.0. The molecule has 2 unspecified atom stereocenters. The molecule has 2 aliphatic rings. The van der Waals surface area contributed by atoms with E-state index in [1.807, 2.05) is 24.3 Å². The highest BCUT2D eigenvalue weighted by Gasteiger charge is 2.37. The van der Waals surface area contributed by atoms with Gasteiger partial charge in [-0.2, -0.15) is 0 Å². The first-order valence-corrected chi connectivity index (χ1v) is 9.27. The fourth-order valence-electron chi connectivity index (χ4n) is 4.33. The Morgan fingerprint density at radius 1 is 0.962 bits per heavy atom. The Kier molecular flexibility index (Phi) is 4.00. The summed E-state index contributed by atoms with van der Waals surface area (Å²) in [7, 11) is 2.20. The van der Waals surface area contributed by atoms with Crippen molar-refractivity contribution in [2.45, 2.75) is 12.1 Å². The molecule has 2 aliphatic heterocycles. The fraction of sp³-hybridized carbons (Fsp3) is 0.381. The van der Waals surface area contributed by atoms with Crippen molar-refractivity contribution in [1.82, 2.24) is 14.8 Å². The van der Waals surface area contributed by atoms with E-state index in [0.717, 1.165) is 49.8 Å². The minimum absolute atomic E-state index is 0.154. The van der Waals surface area contributed by atoms with Gasteiger partial charge in [0.25, 0.3) is 0 Å². The Hall–Kier alpha value is -2.21. The van der Waals surface area contributed by atoms with E-state index in [1.165, 1.54) is 11.1 Å². The first-order valence-electron chi connectivity index (χ1n) is 9.27. The normalized spacial score (nSPS) is 24.7. The molecule has 0 aliphatic carbocycles. The van der Waals surface area contributed by atoms with Gasteiger partial charge >= 0.3 is 0 Å². The maximum Gasteiger partial charge on any atom is 0.204 e. The minimum Gasteiger partial charge on any atom is -0.440 e. The second-order valence-corrected chi connectivity index (χ2v) is 7.16. The largest absolute Gasteiger partial charge is 0.440 e. The number of nitrogens with zero attached hydrogens (tertiary/aromatic N) is 3. The quantitative estimate of drug-likeness (QED) is 0.710. The molecule has 2 atom stereocenters. The summed E-state index contributed by atoms with van der Waals surface area (Å²) in [5, 5.41) is 0. The van der Waals surface area contributed by atoms with Crippen molar-refractivity contribution in [2.75, 3.05) is 39.9 Å². The average Bonchev–Trinajstić information content (AvgIpc) is 3.12. The lowest BCUT2D eigenvalue weighted by molar-refractivity contribution is -0.0330. The molecule has 1 saturated heterocycles. The van der Waals surface area contributed by atoms with Gasteiger partial charge in [0.15, 0.2) is 5.58 Å². The number of hydrogen-bond donors (Lipinski definition) is 0. The molecule has 2 aromatic carbocycles. The van der Waals surface area contributed by atoms with Crippen molar-refractivity contribution in [3.63, 3.8) is 0 Å². The van der Waals surface area contributed by atoms with Gasteiger partial charge in [0.05, 0.1) is 25.3 Å². The van der Waals surface area contributed by atoms with Gasteiger partial charge < -0.3 is 9.15 Å². The molecule has 1 fully saturated rings. The van der Waals surface area contributed by atoms with Crippen LogP contribution in [0.1, 0.15) is 29.1 Å². The Morgan fingerprint density at radius 2 is 1.69 bits per heavy atom. The zero-order valence-electron chi connectivity index (χ0n) is 15.0. The number of rotatable bonds is 2. The van der Waals surface area contributed by atoms with Gasteiger partial charge in [0.1, 0.15) is 5.52 Å². The Labute approximate surface area is 153 Å². The zero-order valence-corrected chi connectivity index (χ0v) is 15.0. The molecule has 0 N–H and O–H groups in total. The third kappa shape index (κ3) is 2.63. The summed E-state index contributed by atoms with van der Waals surface area (Å²) >= 11 is 0. The molecular weight excluding hydrogens is 326 g/mol. The number of likely N-dealkylation sites (N-methyl/N-ethyl adjacent to an activating group) is 1. The smallest absolute Gasteiger partial charge is 0.204 e. The van der Waals surface area contributed by atoms with Gasteiger partial charge in [-0.05, 0) is 30.3 Å². The molecule has 26 heavy (non-hydrogen) atoms. The number of para-hydroxylation sites is 2. The SMILES string of the molecule is CN1CC(c2nc3ccccc3o2)c2ccccc2C1N1CCOCC1. The van der Waals surface area contributed by atoms with Crippen LogP contribution in [0, 0.1) is 0 Å². The molecule has 5 heteroatoms. The maximum absolute atomic E-state index is 6.12. The second kappa shape index (κ2) is 6.50. The van der Waals surface area contributed by atoms with Crippen LogP contribution in [0.5, 0.6) is 0 Å². The third-order valence-electron chi connectivity index (χ3n) is 5.54. The monoisotopic (exact) mass is 349 g/mol. The van der Waals surface area contributed by atoms with Crippen molar-refractivity contribution in [1.29, 1.82) is 0 Å². The molecule has 0 radical (unpaired) electrons. The van der Waals surface area contributed by atoms with Gasteiger partial charge in [-0.3, -0.25) is 9.80 Å². The van der Waals surface area contributed by atoms with Gasteiger partial charge in [-0.1, -0.05) is 36.4 Å². The fourth-order valence-corrected chi connectivity index (χ4v) is 4.33. The van der Waals surface area contributed by atoms with Crippen LogP contribution in [0.15, 0.2) is 52.9 Å². The lowest BCUT2D eigenvalue weighted by Crippen LogP contribution is -2.49. The number of fused-ring (bicyclic) bond motifs is 2. The van der Waals surface area contributed by atoms with E-state index in [-0.39, 0.29) is 12.1 Å². The molecule has 0 saturated carbocycles. The van der Waals surface area contributed by atoms with Gasteiger partial charge in [-0.25, -0.2) is 4.98 Å². The molecule has 0 spiro atoms. The predicted octanol–water partition coefficient (Wildman–Crippen LogP) is 3.24. The Morgan fingerprint density at radius 3 is 2.50 bits per heavy atom. The molecule has 3 heterocycles. The highest BCUT2D eigenvalue weighted by molar-refractivity contribution is 5.72. The van der Waals surface area contributed by atoms with Crippen LogP contribution < -0.4 is 0 Å². The highest BCUT2D eigenvalue weighted by atomic mass is 16.5. The van der Waals surface area contributed by atoms with E-state index in [4.69, 9.17) is 14.1 Å². The summed E-state index contributed by atoms with van der Waals surface area (Å²) in [6.45, 7) is 4.45.